The van der Waals surface area contributed by atoms with Crippen LogP contribution in [0.5, 0.6) is 0 Å². The first-order valence-corrected chi connectivity index (χ1v) is 7.05. The maximum absolute atomic E-state index is 11.2. The summed E-state index contributed by atoms with van der Waals surface area (Å²) in [5.74, 6) is -1.02. The van der Waals surface area contributed by atoms with Crippen molar-refractivity contribution in [1.29, 1.82) is 0 Å². The Morgan fingerprint density at radius 3 is 2.67 bits per heavy atom. The molecular weight excluding hydrogens is 270 g/mol. The Morgan fingerprint density at radius 1 is 1.38 bits per heavy atom. The Kier molecular flexibility index (Phi) is 4.65. The molecule has 5 heteroatoms. The van der Waals surface area contributed by atoms with Gasteiger partial charge in [-0.25, -0.2) is 4.79 Å². The van der Waals surface area contributed by atoms with E-state index < -0.39 is 5.97 Å². The van der Waals surface area contributed by atoms with Crippen LogP contribution in [0.4, 0.5) is 0 Å². The molecule has 0 amide bonds. The second-order valence-corrected chi connectivity index (χ2v) is 5.31. The monoisotopic (exact) mass is 291 g/mol. The van der Waals surface area contributed by atoms with Gasteiger partial charge in [-0.1, -0.05) is 13.0 Å². The zero-order valence-electron chi connectivity index (χ0n) is 12.6. The molecule has 0 radical (unpaired) electrons. The molecule has 1 aromatic carbocycles. The third-order valence-corrected chi connectivity index (χ3v) is 3.68. The van der Waals surface area contributed by atoms with Crippen molar-refractivity contribution < 1.29 is 19.4 Å². The third-order valence-electron chi connectivity index (χ3n) is 3.68. The van der Waals surface area contributed by atoms with E-state index >= 15 is 0 Å². The average Bonchev–Trinajstić information content (AvgIpc) is 2.76. The Hall–Kier alpha value is -1.85. The summed E-state index contributed by atoms with van der Waals surface area (Å²) in [5.41, 5.74) is 3.44. The van der Waals surface area contributed by atoms with Gasteiger partial charge in [-0.2, -0.15) is 0 Å². The molecule has 1 aromatic heterocycles. The van der Waals surface area contributed by atoms with E-state index in [1.807, 2.05) is 31.0 Å². The zero-order chi connectivity index (χ0) is 15.6. The van der Waals surface area contributed by atoms with Crippen molar-refractivity contribution in [2.45, 2.75) is 26.8 Å². The summed E-state index contributed by atoms with van der Waals surface area (Å²) in [6, 6.07) is 4.03. The van der Waals surface area contributed by atoms with E-state index in [0.29, 0.717) is 24.2 Å². The molecule has 1 heterocycles. The minimum Gasteiger partial charge on any atom is -0.475 e. The maximum Gasteiger partial charge on any atom is 0.372 e. The lowest BCUT2D eigenvalue weighted by Crippen LogP contribution is -2.21. The molecule has 0 aliphatic carbocycles. The molecule has 0 aliphatic heterocycles. The number of carboxylic acid groups (broad SMARTS) is 1. The number of aryl methyl sites for hydroxylation is 2. The number of benzene rings is 1. The van der Waals surface area contributed by atoms with E-state index in [0.717, 1.165) is 22.9 Å². The lowest BCUT2D eigenvalue weighted by molar-refractivity contribution is 0.0664. The highest BCUT2D eigenvalue weighted by Gasteiger charge is 2.19. The van der Waals surface area contributed by atoms with Gasteiger partial charge in [0.15, 0.2) is 0 Å². The fourth-order valence-corrected chi connectivity index (χ4v) is 2.57. The number of likely N-dealkylation sites (N-methyl/N-ethyl adjacent to an activating group) is 1. The quantitative estimate of drug-likeness (QED) is 0.855. The van der Waals surface area contributed by atoms with Crippen molar-refractivity contribution >= 4 is 16.9 Å². The highest BCUT2D eigenvalue weighted by atomic mass is 16.4. The number of aliphatic hydroxyl groups is 1. The van der Waals surface area contributed by atoms with Crippen LogP contribution in [0, 0.1) is 6.92 Å². The van der Waals surface area contributed by atoms with Crippen LogP contribution in [-0.4, -0.2) is 41.3 Å². The second kappa shape index (κ2) is 6.28. The molecule has 0 saturated heterocycles. The van der Waals surface area contributed by atoms with Crippen molar-refractivity contribution in [2.75, 3.05) is 20.2 Å². The number of carbonyl (C=O) groups is 1. The lowest BCUT2D eigenvalue weighted by Gasteiger charge is -2.15. The molecule has 114 valence electrons. The predicted molar refractivity (Wildman–Crippen MR) is 80.7 cm³/mol. The van der Waals surface area contributed by atoms with E-state index in [-0.39, 0.29) is 12.4 Å². The van der Waals surface area contributed by atoms with Gasteiger partial charge >= 0.3 is 5.97 Å². The van der Waals surface area contributed by atoms with Gasteiger partial charge in [-0.05, 0) is 37.6 Å². The molecule has 0 bridgehead atoms. The zero-order valence-corrected chi connectivity index (χ0v) is 12.6. The van der Waals surface area contributed by atoms with E-state index in [2.05, 4.69) is 0 Å². The van der Waals surface area contributed by atoms with Crippen LogP contribution < -0.4 is 0 Å². The number of hydrogen-bond acceptors (Lipinski definition) is 4. The Bertz CT molecular complexity index is 660. The fourth-order valence-electron chi connectivity index (χ4n) is 2.57. The summed E-state index contributed by atoms with van der Waals surface area (Å²) in [4.78, 5) is 13.2. The predicted octanol–water partition coefficient (Wildman–Crippen LogP) is 2.43. The lowest BCUT2D eigenvalue weighted by atomic mass is 10.0. The number of hydrogen-bond donors (Lipinski definition) is 2. The van der Waals surface area contributed by atoms with Gasteiger partial charge in [0.25, 0.3) is 0 Å². The standard InChI is InChI=1S/C16H21NO4/c1-4-12-7-11(9-17(3)5-6-18)8-13-10(2)14(16(19)20)21-15(12)13/h7-8,18H,4-6,9H2,1-3H3,(H,19,20). The summed E-state index contributed by atoms with van der Waals surface area (Å²) in [6.07, 6.45) is 0.778. The van der Waals surface area contributed by atoms with Crippen molar-refractivity contribution in [3.05, 3.63) is 34.6 Å². The summed E-state index contributed by atoms with van der Waals surface area (Å²) >= 11 is 0. The number of aliphatic hydroxyl groups excluding tert-OH is 1. The molecule has 0 unspecified atom stereocenters. The van der Waals surface area contributed by atoms with Crippen LogP contribution in [0.2, 0.25) is 0 Å². The highest BCUT2D eigenvalue weighted by Crippen LogP contribution is 2.30. The van der Waals surface area contributed by atoms with Crippen molar-refractivity contribution in [3.8, 4) is 0 Å². The maximum atomic E-state index is 11.2. The number of furan rings is 1. The van der Waals surface area contributed by atoms with Crippen molar-refractivity contribution in [1.82, 2.24) is 4.90 Å². The summed E-state index contributed by atoms with van der Waals surface area (Å²) in [5, 5.41) is 19.0. The molecule has 0 fully saturated rings. The second-order valence-electron chi connectivity index (χ2n) is 5.31. The molecular formula is C16H21NO4. The molecule has 0 spiro atoms. The largest absolute Gasteiger partial charge is 0.475 e. The van der Waals surface area contributed by atoms with Crippen LogP contribution in [0.25, 0.3) is 11.0 Å². The Morgan fingerprint density at radius 2 is 2.10 bits per heavy atom. The van der Waals surface area contributed by atoms with Crippen LogP contribution >= 0.6 is 0 Å². The first-order valence-electron chi connectivity index (χ1n) is 7.05. The first kappa shape index (κ1) is 15.5. The van der Waals surface area contributed by atoms with E-state index in [4.69, 9.17) is 9.52 Å². The van der Waals surface area contributed by atoms with Crippen LogP contribution in [0.15, 0.2) is 16.5 Å². The minimum atomic E-state index is -1.04. The molecule has 2 aromatic rings. The first-order chi connectivity index (χ1) is 9.97. The van der Waals surface area contributed by atoms with Crippen LogP contribution in [-0.2, 0) is 13.0 Å². The number of nitrogens with zero attached hydrogens (tertiary/aromatic N) is 1. The van der Waals surface area contributed by atoms with Crippen LogP contribution in [0.1, 0.15) is 34.2 Å². The normalized spacial score (nSPS) is 11.5. The van der Waals surface area contributed by atoms with Gasteiger partial charge in [0.1, 0.15) is 5.58 Å². The molecule has 0 aliphatic rings. The highest BCUT2D eigenvalue weighted by molar-refractivity contribution is 5.96. The molecule has 2 rings (SSSR count). The van der Waals surface area contributed by atoms with Crippen molar-refractivity contribution in [2.24, 2.45) is 0 Å². The van der Waals surface area contributed by atoms with E-state index in [9.17, 15) is 9.90 Å². The SMILES string of the molecule is CCc1cc(CN(C)CCO)cc2c(C)c(C(=O)O)oc12. The molecule has 0 atom stereocenters. The minimum absolute atomic E-state index is 0.0144. The Balaban J connectivity index is 2.51. The number of rotatable bonds is 6. The van der Waals surface area contributed by atoms with Gasteiger partial charge in [0.05, 0.1) is 6.61 Å². The van der Waals surface area contributed by atoms with Gasteiger partial charge in [-0.15, -0.1) is 0 Å². The number of carboxylic acids is 1. The number of fused-ring (bicyclic) bond motifs is 1. The average molecular weight is 291 g/mol. The summed E-state index contributed by atoms with van der Waals surface area (Å²) in [7, 11) is 1.94. The Labute approximate surface area is 123 Å². The molecule has 0 saturated carbocycles. The summed E-state index contributed by atoms with van der Waals surface area (Å²) < 4.78 is 5.54. The molecule has 21 heavy (non-hydrogen) atoms. The van der Waals surface area contributed by atoms with Crippen LogP contribution in [0.3, 0.4) is 0 Å². The van der Waals surface area contributed by atoms with Crippen molar-refractivity contribution in [3.63, 3.8) is 0 Å². The van der Waals surface area contributed by atoms with Gasteiger partial charge in [0, 0.05) is 24.0 Å². The fraction of sp³-hybridized carbons (Fsp3) is 0.438. The summed E-state index contributed by atoms with van der Waals surface area (Å²) in [6.45, 7) is 5.22. The van der Waals surface area contributed by atoms with E-state index in [1.54, 1.807) is 6.92 Å². The smallest absolute Gasteiger partial charge is 0.372 e. The topological polar surface area (TPSA) is 73.9 Å². The van der Waals surface area contributed by atoms with Gasteiger partial charge in [0.2, 0.25) is 5.76 Å². The van der Waals surface area contributed by atoms with E-state index in [1.165, 1.54) is 0 Å². The number of aromatic carboxylic acids is 1. The molecule has 2 N–H and O–H groups in total. The molecule has 5 nitrogen and oxygen atoms in total. The van der Waals surface area contributed by atoms with Gasteiger partial charge in [-0.3, -0.25) is 4.90 Å². The van der Waals surface area contributed by atoms with Gasteiger partial charge < -0.3 is 14.6 Å². The third kappa shape index (κ3) is 3.09.